The Morgan fingerprint density at radius 1 is 1.20 bits per heavy atom. The molecule has 1 unspecified atom stereocenters. The second-order valence-electron chi connectivity index (χ2n) is 6.96. The lowest BCUT2D eigenvalue weighted by molar-refractivity contribution is -0.116. The van der Waals surface area contributed by atoms with Crippen LogP contribution in [0.2, 0.25) is 0 Å². The summed E-state index contributed by atoms with van der Waals surface area (Å²) in [4.78, 5) is 12.9. The van der Waals surface area contributed by atoms with E-state index in [0.717, 1.165) is 40.7 Å². The van der Waals surface area contributed by atoms with Crippen LogP contribution in [0.4, 0.5) is 0 Å². The Morgan fingerprint density at radius 3 is 2.36 bits per heavy atom. The number of rotatable bonds is 3. The van der Waals surface area contributed by atoms with Crippen molar-refractivity contribution in [3.05, 3.63) is 40.1 Å². The maximum atomic E-state index is 12.9. The van der Waals surface area contributed by atoms with Crippen molar-refractivity contribution < 1.29 is 17.4 Å². The van der Waals surface area contributed by atoms with Gasteiger partial charge in [0.2, 0.25) is 0 Å². The van der Waals surface area contributed by atoms with E-state index in [1.165, 1.54) is 0 Å². The highest BCUT2D eigenvalue weighted by Crippen LogP contribution is 2.43. The van der Waals surface area contributed by atoms with Crippen LogP contribution in [0.5, 0.6) is 0 Å². The fourth-order valence-electron chi connectivity index (χ4n) is 3.83. The quantitative estimate of drug-likeness (QED) is 0.815. The fraction of sp³-hybridized carbons (Fsp3) is 0.500. The Bertz CT molecular complexity index is 842. The highest BCUT2D eigenvalue weighted by atomic mass is 32.2. The molecule has 5 nitrogen and oxygen atoms in total. The third-order valence-electron chi connectivity index (χ3n) is 4.64. The van der Waals surface area contributed by atoms with Crippen molar-refractivity contribution in [1.82, 2.24) is 5.32 Å². The first kappa shape index (κ1) is 18.3. The third kappa shape index (κ3) is 3.44. The third-order valence-corrected chi connectivity index (χ3v) is 6.39. The smallest absolute Gasteiger partial charge is 0.306 e. The molecule has 136 valence electrons. The lowest BCUT2D eigenvalue weighted by atomic mass is 9.89. The molecular weight excluding hydrogens is 358 g/mol. The Labute approximate surface area is 153 Å². The van der Waals surface area contributed by atoms with Gasteiger partial charge in [-0.3, -0.25) is 4.79 Å². The summed E-state index contributed by atoms with van der Waals surface area (Å²) in [6.07, 6.45) is 2.61. The number of thioether (sulfide) groups is 1. The van der Waals surface area contributed by atoms with Crippen LogP contribution in [0.1, 0.15) is 35.1 Å². The van der Waals surface area contributed by atoms with E-state index in [4.69, 9.17) is 4.18 Å². The first-order valence-corrected chi connectivity index (χ1v) is 11.2. The van der Waals surface area contributed by atoms with Crippen LogP contribution >= 0.6 is 11.8 Å². The Morgan fingerprint density at radius 2 is 1.84 bits per heavy atom. The Balaban J connectivity index is 2.26. The van der Waals surface area contributed by atoms with E-state index < -0.39 is 15.7 Å². The average Bonchev–Trinajstić information content (AvgIpc) is 2.70. The molecule has 1 aromatic carbocycles. The van der Waals surface area contributed by atoms with Crippen LogP contribution in [0.15, 0.2) is 17.9 Å². The first-order chi connectivity index (χ1) is 11.6. The van der Waals surface area contributed by atoms with Crippen LogP contribution < -0.4 is 5.32 Å². The van der Waals surface area contributed by atoms with Gasteiger partial charge in [-0.1, -0.05) is 17.7 Å². The number of carbonyl (C=O) groups is 1. The summed E-state index contributed by atoms with van der Waals surface area (Å²) in [6, 6.07) is 4.00. The van der Waals surface area contributed by atoms with Crippen molar-refractivity contribution in [2.24, 2.45) is 0 Å². The molecule has 0 bridgehead atoms. The monoisotopic (exact) mass is 381 g/mol. The zero-order valence-corrected chi connectivity index (χ0v) is 16.6. The van der Waals surface area contributed by atoms with Gasteiger partial charge in [0.25, 0.3) is 5.91 Å². The van der Waals surface area contributed by atoms with Crippen LogP contribution in [0, 0.1) is 20.8 Å². The molecule has 2 heterocycles. The molecule has 1 saturated heterocycles. The average molecular weight is 382 g/mol. The molecule has 0 radical (unpaired) electrons. The van der Waals surface area contributed by atoms with Crippen molar-refractivity contribution in [2.45, 2.75) is 39.2 Å². The van der Waals surface area contributed by atoms with Crippen molar-refractivity contribution in [2.75, 3.05) is 17.8 Å². The SMILES string of the molecule is Cc1cc(C)c(C2=C(OS(C)(=O)=O)C3(CCCSC3)NC2=O)c(C)c1. The minimum absolute atomic E-state index is 0.254. The number of hydrogen-bond acceptors (Lipinski definition) is 5. The van der Waals surface area contributed by atoms with Crippen molar-refractivity contribution in [3.63, 3.8) is 0 Å². The van der Waals surface area contributed by atoms with E-state index in [2.05, 4.69) is 5.32 Å². The molecule has 1 aromatic rings. The van der Waals surface area contributed by atoms with Gasteiger partial charge in [0, 0.05) is 5.75 Å². The van der Waals surface area contributed by atoms with Crippen LogP contribution in [-0.2, 0) is 19.1 Å². The second kappa shape index (κ2) is 6.36. The number of hydrogen-bond donors (Lipinski definition) is 1. The zero-order chi connectivity index (χ0) is 18.4. The summed E-state index contributed by atoms with van der Waals surface area (Å²) in [5.74, 6) is 1.64. The molecule has 1 spiro atoms. The number of carbonyl (C=O) groups excluding carboxylic acids is 1. The van der Waals surface area contributed by atoms with Gasteiger partial charge in [-0.2, -0.15) is 20.2 Å². The van der Waals surface area contributed by atoms with Crippen molar-refractivity contribution in [3.8, 4) is 0 Å². The summed E-state index contributed by atoms with van der Waals surface area (Å²) in [5.41, 5.74) is 3.39. The first-order valence-electron chi connectivity index (χ1n) is 8.26. The van der Waals surface area contributed by atoms with Crippen molar-refractivity contribution in [1.29, 1.82) is 0 Å². The number of aryl methyl sites for hydroxylation is 3. The summed E-state index contributed by atoms with van der Waals surface area (Å²) >= 11 is 1.71. The molecule has 2 aliphatic heterocycles. The van der Waals surface area contributed by atoms with Crippen LogP contribution in [-0.4, -0.2) is 37.6 Å². The highest BCUT2D eigenvalue weighted by molar-refractivity contribution is 7.99. The predicted molar refractivity (Wildman–Crippen MR) is 101 cm³/mol. The van der Waals surface area contributed by atoms with Gasteiger partial charge in [-0.25, -0.2) is 0 Å². The molecule has 3 rings (SSSR count). The molecule has 7 heteroatoms. The lowest BCUT2D eigenvalue weighted by Gasteiger charge is -2.34. The van der Waals surface area contributed by atoms with Crippen LogP contribution in [0.25, 0.3) is 5.57 Å². The van der Waals surface area contributed by atoms with Gasteiger partial charge in [-0.15, -0.1) is 0 Å². The summed E-state index contributed by atoms with van der Waals surface area (Å²) in [7, 11) is -3.74. The molecule has 0 aliphatic carbocycles. The lowest BCUT2D eigenvalue weighted by Crippen LogP contribution is -2.49. The standard InChI is InChI=1S/C18H23NO4S2/c1-11-8-12(2)14(13(3)9-11)15-16(23-25(4,21)22)18(19-17(15)20)6-5-7-24-10-18/h8-9H,5-7,10H2,1-4H3,(H,19,20). The Hall–Kier alpha value is -1.47. The fourth-order valence-corrected chi connectivity index (χ4v) is 5.56. The van der Waals surface area contributed by atoms with Gasteiger partial charge in [0.1, 0.15) is 5.54 Å². The molecule has 0 saturated carbocycles. The van der Waals surface area contributed by atoms with Crippen LogP contribution in [0.3, 0.4) is 0 Å². The molecule has 2 aliphatic rings. The Kier molecular flexibility index (Phi) is 4.66. The number of benzene rings is 1. The molecule has 1 N–H and O–H groups in total. The molecular formula is C18H23NO4S2. The molecule has 25 heavy (non-hydrogen) atoms. The maximum absolute atomic E-state index is 12.9. The molecule has 1 amide bonds. The summed E-state index contributed by atoms with van der Waals surface area (Å²) in [5, 5.41) is 3.04. The zero-order valence-electron chi connectivity index (χ0n) is 14.9. The van der Waals surface area contributed by atoms with E-state index in [0.29, 0.717) is 17.7 Å². The minimum Gasteiger partial charge on any atom is -0.384 e. The maximum Gasteiger partial charge on any atom is 0.306 e. The van der Waals surface area contributed by atoms with Gasteiger partial charge < -0.3 is 9.50 Å². The van der Waals surface area contributed by atoms with E-state index in [9.17, 15) is 13.2 Å². The van der Waals surface area contributed by atoms with E-state index in [1.807, 2.05) is 32.9 Å². The highest BCUT2D eigenvalue weighted by Gasteiger charge is 2.49. The van der Waals surface area contributed by atoms with Gasteiger partial charge in [0.05, 0.1) is 11.8 Å². The van der Waals surface area contributed by atoms with E-state index >= 15 is 0 Å². The molecule has 1 fully saturated rings. The normalized spacial score (nSPS) is 23.9. The number of amides is 1. The topological polar surface area (TPSA) is 72.5 Å². The predicted octanol–water partition coefficient (Wildman–Crippen LogP) is 2.69. The second-order valence-corrected chi connectivity index (χ2v) is 9.64. The van der Waals surface area contributed by atoms with E-state index in [-0.39, 0.29) is 11.7 Å². The van der Waals surface area contributed by atoms with Crippen molar-refractivity contribution >= 4 is 33.4 Å². The largest absolute Gasteiger partial charge is 0.384 e. The minimum atomic E-state index is -3.74. The summed E-state index contributed by atoms with van der Waals surface area (Å²) < 4.78 is 29.3. The summed E-state index contributed by atoms with van der Waals surface area (Å²) in [6.45, 7) is 5.88. The number of nitrogens with one attached hydrogen (secondary N) is 1. The molecule has 1 atom stereocenters. The van der Waals surface area contributed by atoms with E-state index in [1.54, 1.807) is 11.8 Å². The molecule has 0 aromatic heterocycles. The van der Waals surface area contributed by atoms with Gasteiger partial charge in [0.15, 0.2) is 5.76 Å². The van der Waals surface area contributed by atoms with Gasteiger partial charge >= 0.3 is 10.1 Å². The van der Waals surface area contributed by atoms with Gasteiger partial charge in [-0.05, 0) is 56.1 Å².